The maximum absolute atomic E-state index is 15.2. The minimum atomic E-state index is -0.984. The van der Waals surface area contributed by atoms with Crippen LogP contribution in [0.2, 0.25) is 0 Å². The van der Waals surface area contributed by atoms with E-state index in [1.165, 1.54) is 9.13 Å². The number of rotatable bonds is 9. The fourth-order valence-electron chi connectivity index (χ4n) is 4.22. The molecule has 0 atom stereocenters. The van der Waals surface area contributed by atoms with Crippen molar-refractivity contribution in [1.29, 1.82) is 0 Å². The average Bonchev–Trinajstić information content (AvgIpc) is 3.07. The molecule has 1 N–H and O–H groups in total. The number of carbonyl (C=O) groups is 1. The summed E-state index contributed by atoms with van der Waals surface area (Å²) in [5, 5.41) is 9.46. The van der Waals surface area contributed by atoms with Crippen LogP contribution in [-0.4, -0.2) is 20.2 Å². The zero-order chi connectivity index (χ0) is 24.1. The average molecular weight is 459 g/mol. The lowest BCUT2D eigenvalue weighted by Crippen LogP contribution is -2.26. The van der Waals surface area contributed by atoms with Gasteiger partial charge in [-0.3, -0.25) is 9.13 Å². The van der Waals surface area contributed by atoms with E-state index in [-0.39, 0.29) is 24.3 Å². The van der Waals surface area contributed by atoms with E-state index in [0.717, 1.165) is 23.1 Å². The van der Waals surface area contributed by atoms with Gasteiger partial charge < -0.3 is 5.11 Å². The number of aryl methyl sites for hydroxylation is 1. The van der Waals surface area contributed by atoms with E-state index in [1.807, 2.05) is 61.5 Å². The number of nitrogens with zero attached hydrogens (tertiary/aromatic N) is 2. The number of carboxylic acids is 1. The van der Waals surface area contributed by atoms with Crippen LogP contribution in [0.5, 0.6) is 0 Å². The van der Waals surface area contributed by atoms with Crippen LogP contribution in [-0.2, 0) is 25.9 Å². The van der Waals surface area contributed by atoms with Crippen LogP contribution in [0.15, 0.2) is 83.7 Å². The molecule has 0 saturated heterocycles. The van der Waals surface area contributed by atoms with E-state index >= 15 is 4.39 Å². The highest BCUT2D eigenvalue weighted by Gasteiger charge is 2.19. The number of hydrogen-bond acceptors (Lipinski definition) is 2. The first-order valence-electron chi connectivity index (χ1n) is 11.4. The summed E-state index contributed by atoms with van der Waals surface area (Å²) < 4.78 is 18.0. The Morgan fingerprint density at radius 1 is 0.853 bits per heavy atom. The Morgan fingerprint density at radius 2 is 1.53 bits per heavy atom. The normalized spacial score (nSPS) is 11.0. The summed E-state index contributed by atoms with van der Waals surface area (Å²) in [5.41, 5.74) is 3.59. The highest BCUT2D eigenvalue weighted by Crippen LogP contribution is 2.24. The lowest BCUT2D eigenvalue weighted by Gasteiger charge is -2.09. The summed E-state index contributed by atoms with van der Waals surface area (Å²) in [4.78, 5) is 24.7. The first-order chi connectivity index (χ1) is 16.5. The number of benzene rings is 3. The molecular weight excluding hydrogens is 431 g/mol. The SMILES string of the molecule is CCCc1c(F)n(CCc2ccccc2)c(=O)n1Cc1ccc(-c2ccccc2C(=O)O)cc1. The van der Waals surface area contributed by atoms with Gasteiger partial charge >= 0.3 is 11.7 Å². The molecule has 0 aliphatic heterocycles. The van der Waals surface area contributed by atoms with Crippen LogP contribution in [0.4, 0.5) is 4.39 Å². The third-order valence-electron chi connectivity index (χ3n) is 5.98. The van der Waals surface area contributed by atoms with Crippen LogP contribution in [0, 0.1) is 5.95 Å². The summed E-state index contributed by atoms with van der Waals surface area (Å²) in [6, 6.07) is 24.0. The fourth-order valence-corrected chi connectivity index (χ4v) is 4.22. The summed E-state index contributed by atoms with van der Waals surface area (Å²) in [5.74, 6) is -1.45. The van der Waals surface area contributed by atoms with Crippen molar-refractivity contribution in [3.05, 3.63) is 118 Å². The maximum Gasteiger partial charge on any atom is 0.336 e. The summed E-state index contributed by atoms with van der Waals surface area (Å²) in [6.07, 6.45) is 1.78. The van der Waals surface area contributed by atoms with Gasteiger partial charge in [-0.2, -0.15) is 4.39 Å². The van der Waals surface area contributed by atoms with Gasteiger partial charge in [0, 0.05) is 6.54 Å². The molecule has 0 fully saturated rings. The molecule has 0 unspecified atom stereocenters. The molecule has 4 aromatic rings. The first-order valence-corrected chi connectivity index (χ1v) is 11.4. The number of aromatic nitrogens is 2. The van der Waals surface area contributed by atoms with E-state index in [4.69, 9.17) is 0 Å². The van der Waals surface area contributed by atoms with Crippen molar-refractivity contribution in [2.45, 2.75) is 39.3 Å². The predicted molar refractivity (Wildman–Crippen MR) is 131 cm³/mol. The lowest BCUT2D eigenvalue weighted by atomic mass is 9.99. The van der Waals surface area contributed by atoms with Gasteiger partial charge in [0.1, 0.15) is 0 Å². The number of aromatic carboxylic acids is 1. The van der Waals surface area contributed by atoms with Gasteiger partial charge in [0.05, 0.1) is 17.8 Å². The van der Waals surface area contributed by atoms with E-state index in [0.29, 0.717) is 24.1 Å². The van der Waals surface area contributed by atoms with E-state index in [1.54, 1.807) is 24.3 Å². The Hall–Kier alpha value is -3.93. The van der Waals surface area contributed by atoms with Crippen LogP contribution in [0.1, 0.15) is 40.5 Å². The number of halogens is 1. The molecule has 6 heteroatoms. The maximum atomic E-state index is 15.2. The molecule has 0 radical (unpaired) electrons. The van der Waals surface area contributed by atoms with Crippen molar-refractivity contribution >= 4 is 5.97 Å². The van der Waals surface area contributed by atoms with Crippen LogP contribution < -0.4 is 5.69 Å². The highest BCUT2D eigenvalue weighted by atomic mass is 19.1. The molecule has 0 amide bonds. The second kappa shape index (κ2) is 10.3. The van der Waals surface area contributed by atoms with Crippen molar-refractivity contribution in [3.63, 3.8) is 0 Å². The van der Waals surface area contributed by atoms with Gasteiger partial charge in [0.2, 0.25) is 5.95 Å². The molecule has 34 heavy (non-hydrogen) atoms. The largest absolute Gasteiger partial charge is 0.478 e. The zero-order valence-corrected chi connectivity index (χ0v) is 19.1. The third-order valence-corrected chi connectivity index (χ3v) is 5.98. The highest BCUT2D eigenvalue weighted by molar-refractivity contribution is 5.95. The summed E-state index contributed by atoms with van der Waals surface area (Å²) >= 11 is 0. The Bertz CT molecular complexity index is 1340. The molecule has 0 aliphatic carbocycles. The molecule has 1 heterocycles. The Balaban J connectivity index is 1.61. The van der Waals surface area contributed by atoms with E-state index < -0.39 is 11.9 Å². The molecule has 0 spiro atoms. The molecule has 4 rings (SSSR count). The lowest BCUT2D eigenvalue weighted by molar-refractivity contribution is 0.0697. The molecule has 0 bridgehead atoms. The molecule has 1 aromatic heterocycles. The van der Waals surface area contributed by atoms with E-state index in [2.05, 4.69) is 0 Å². The Morgan fingerprint density at radius 3 is 2.21 bits per heavy atom. The molecule has 5 nitrogen and oxygen atoms in total. The number of hydrogen-bond donors (Lipinski definition) is 1. The molecule has 0 aliphatic rings. The van der Waals surface area contributed by atoms with Gasteiger partial charge in [0.25, 0.3) is 0 Å². The zero-order valence-electron chi connectivity index (χ0n) is 19.1. The van der Waals surface area contributed by atoms with Crippen LogP contribution in [0.3, 0.4) is 0 Å². The minimum Gasteiger partial charge on any atom is -0.478 e. The second-order valence-electron chi connectivity index (χ2n) is 8.29. The fraction of sp³-hybridized carbons (Fsp3) is 0.214. The number of carboxylic acid groups (broad SMARTS) is 1. The predicted octanol–water partition coefficient (Wildman–Crippen LogP) is 5.40. The van der Waals surface area contributed by atoms with Crippen molar-refractivity contribution < 1.29 is 14.3 Å². The summed E-state index contributed by atoms with van der Waals surface area (Å²) in [7, 11) is 0. The van der Waals surface area contributed by atoms with Gasteiger partial charge in [0.15, 0.2) is 0 Å². The van der Waals surface area contributed by atoms with Crippen molar-refractivity contribution in [2.24, 2.45) is 0 Å². The molecular formula is C28H27FN2O3. The monoisotopic (exact) mass is 458 g/mol. The first kappa shape index (κ1) is 23.2. The summed E-state index contributed by atoms with van der Waals surface area (Å²) in [6.45, 7) is 2.50. The van der Waals surface area contributed by atoms with Crippen LogP contribution >= 0.6 is 0 Å². The number of imidazole rings is 1. The molecule has 3 aromatic carbocycles. The quantitative estimate of drug-likeness (QED) is 0.365. The van der Waals surface area contributed by atoms with Crippen LogP contribution in [0.25, 0.3) is 11.1 Å². The Labute approximate surface area is 197 Å². The third kappa shape index (κ3) is 4.86. The topological polar surface area (TPSA) is 64.2 Å². The molecule has 0 saturated carbocycles. The molecule has 174 valence electrons. The van der Waals surface area contributed by atoms with Crippen molar-refractivity contribution in [2.75, 3.05) is 0 Å². The van der Waals surface area contributed by atoms with E-state index in [9.17, 15) is 14.7 Å². The van der Waals surface area contributed by atoms with Crippen molar-refractivity contribution in [1.82, 2.24) is 9.13 Å². The van der Waals surface area contributed by atoms with Gasteiger partial charge in [-0.15, -0.1) is 0 Å². The van der Waals surface area contributed by atoms with Gasteiger partial charge in [-0.1, -0.05) is 86.1 Å². The van der Waals surface area contributed by atoms with Crippen molar-refractivity contribution in [3.8, 4) is 11.1 Å². The smallest absolute Gasteiger partial charge is 0.336 e. The standard InChI is InChI=1S/C28H27FN2O3/c1-2-8-25-26(29)30(18-17-20-9-4-3-5-10-20)28(34)31(25)19-21-13-15-22(16-14-21)23-11-6-7-12-24(23)27(32)33/h3-7,9-16H,2,8,17-19H2,1H3,(H,32,33). The second-order valence-corrected chi connectivity index (χ2v) is 8.29. The Kier molecular flexibility index (Phi) is 7.07. The minimum absolute atomic E-state index is 0.231. The van der Waals surface area contributed by atoms with Gasteiger partial charge in [-0.05, 0) is 41.2 Å². The van der Waals surface area contributed by atoms with Gasteiger partial charge in [-0.25, -0.2) is 9.59 Å².